The maximum atomic E-state index is 14.1. The minimum atomic E-state index is -4.41. The molecule has 2 unspecified atom stereocenters. The second kappa shape index (κ2) is 12.7. The number of pyridine rings is 1. The van der Waals surface area contributed by atoms with Gasteiger partial charge in [-0.1, -0.05) is 43.5 Å². The van der Waals surface area contributed by atoms with Gasteiger partial charge >= 0.3 is 12.1 Å². The van der Waals surface area contributed by atoms with Crippen LogP contribution in [0.5, 0.6) is 0 Å². The minimum Gasteiger partial charge on any atom is -0.477 e. The number of carbonyl (C=O) groups is 2. The average molecular weight is 676 g/mol. The van der Waals surface area contributed by atoms with Crippen LogP contribution in [0, 0.1) is 0 Å². The van der Waals surface area contributed by atoms with Crippen molar-refractivity contribution in [2.24, 2.45) is 0 Å². The zero-order chi connectivity index (χ0) is 33.7. The van der Waals surface area contributed by atoms with E-state index in [1.165, 1.54) is 23.5 Å². The molecule has 11 heteroatoms. The number of thiophene rings is 1. The van der Waals surface area contributed by atoms with E-state index in [-0.39, 0.29) is 35.3 Å². The molecule has 0 spiro atoms. The SMILES string of the molecule is CC1COCC(C)N1C(=O)Cn1c(-c2ccc3nc(-c4ccc(C(F)(F)F)cc4)ccc3c2)c(C2CCCCC2)c2sc(C(=O)O)cc21. The van der Waals surface area contributed by atoms with Crippen LogP contribution in [0.2, 0.25) is 0 Å². The Morgan fingerprint density at radius 1 is 0.938 bits per heavy atom. The van der Waals surface area contributed by atoms with E-state index in [1.54, 1.807) is 12.1 Å². The number of carboxylic acids is 1. The van der Waals surface area contributed by atoms with Crippen molar-refractivity contribution in [1.82, 2.24) is 14.5 Å². The van der Waals surface area contributed by atoms with Gasteiger partial charge in [-0.25, -0.2) is 9.78 Å². The van der Waals surface area contributed by atoms with E-state index in [0.29, 0.717) is 30.0 Å². The van der Waals surface area contributed by atoms with Gasteiger partial charge in [0, 0.05) is 10.9 Å². The number of hydrogen-bond donors (Lipinski definition) is 1. The van der Waals surface area contributed by atoms with Crippen LogP contribution >= 0.6 is 11.3 Å². The number of carboxylic acid groups (broad SMARTS) is 1. The van der Waals surface area contributed by atoms with Gasteiger partial charge in [0.2, 0.25) is 5.91 Å². The Morgan fingerprint density at radius 3 is 2.29 bits per heavy atom. The van der Waals surface area contributed by atoms with Crippen molar-refractivity contribution in [1.29, 1.82) is 0 Å². The number of nitrogens with zero attached hydrogens (tertiary/aromatic N) is 3. The van der Waals surface area contributed by atoms with Gasteiger partial charge in [-0.15, -0.1) is 11.3 Å². The van der Waals surface area contributed by atoms with E-state index in [4.69, 9.17) is 9.72 Å². The Hall–Kier alpha value is -4.22. The first-order chi connectivity index (χ1) is 23.0. The standard InChI is InChI=1S/C37H36F3N3O4S/c1-21-19-47-20-22(2)43(21)32(44)18-42-30-17-31(36(45)46)48-35(30)33(24-6-4-3-5-7-24)34(42)26-11-15-29-25(16-26)10-14-28(41-29)23-8-12-27(13-9-23)37(38,39)40/h8-17,21-22,24H,3-7,18-20H2,1-2H3,(H,45,46). The second-order valence-corrected chi connectivity index (χ2v) is 14.1. The topological polar surface area (TPSA) is 84.7 Å². The predicted molar refractivity (Wildman–Crippen MR) is 180 cm³/mol. The molecule has 0 radical (unpaired) electrons. The Labute approximate surface area is 280 Å². The molecule has 1 saturated heterocycles. The first-order valence-electron chi connectivity index (χ1n) is 16.4. The molecule has 1 aliphatic heterocycles. The van der Waals surface area contributed by atoms with Gasteiger partial charge < -0.3 is 19.3 Å². The van der Waals surface area contributed by atoms with Gasteiger partial charge in [-0.2, -0.15) is 13.2 Å². The molecule has 1 aliphatic carbocycles. The van der Waals surface area contributed by atoms with Crippen LogP contribution in [-0.2, 0) is 22.3 Å². The van der Waals surface area contributed by atoms with Gasteiger partial charge in [0.1, 0.15) is 11.4 Å². The van der Waals surface area contributed by atoms with Gasteiger partial charge in [0.25, 0.3) is 0 Å². The van der Waals surface area contributed by atoms with Gasteiger partial charge in [0.05, 0.1) is 58.0 Å². The zero-order valence-electron chi connectivity index (χ0n) is 26.7. The Kier molecular flexibility index (Phi) is 8.53. The molecule has 4 heterocycles. The van der Waals surface area contributed by atoms with Gasteiger partial charge in [-0.3, -0.25) is 4.79 Å². The number of benzene rings is 2. The average Bonchev–Trinajstić information content (AvgIpc) is 3.62. The molecule has 2 aliphatic rings. The zero-order valence-corrected chi connectivity index (χ0v) is 27.5. The summed E-state index contributed by atoms with van der Waals surface area (Å²) in [6.45, 7) is 4.95. The number of alkyl halides is 3. The normalized spacial score (nSPS) is 19.3. The highest BCUT2D eigenvalue weighted by atomic mass is 32.1. The van der Waals surface area contributed by atoms with E-state index >= 15 is 0 Å². The van der Waals surface area contributed by atoms with Crippen LogP contribution in [0.25, 0.3) is 43.6 Å². The minimum absolute atomic E-state index is 0.0432. The Bertz CT molecular complexity index is 2000. The number of aromatic carboxylic acids is 1. The quantitative estimate of drug-likeness (QED) is 0.194. The molecule has 1 N–H and O–H groups in total. The highest BCUT2D eigenvalue weighted by Gasteiger charge is 2.34. The molecule has 7 nitrogen and oxygen atoms in total. The number of rotatable bonds is 6. The van der Waals surface area contributed by atoms with E-state index in [9.17, 15) is 27.9 Å². The van der Waals surface area contributed by atoms with Crippen molar-refractivity contribution in [3.05, 3.63) is 76.7 Å². The molecule has 1 amide bonds. The number of amides is 1. The summed E-state index contributed by atoms with van der Waals surface area (Å²) >= 11 is 1.28. The summed E-state index contributed by atoms with van der Waals surface area (Å²) < 4.78 is 48.0. The molecular formula is C37H36F3N3O4S. The van der Waals surface area contributed by atoms with Gasteiger partial charge in [0.15, 0.2) is 0 Å². The summed E-state index contributed by atoms with van der Waals surface area (Å²) in [7, 11) is 0. The lowest BCUT2D eigenvalue weighted by Gasteiger charge is -2.39. The van der Waals surface area contributed by atoms with Gasteiger partial charge in [-0.05, 0) is 80.1 Å². The van der Waals surface area contributed by atoms with Crippen LogP contribution in [0.1, 0.15) is 72.7 Å². The van der Waals surface area contributed by atoms with Crippen molar-refractivity contribution in [3.63, 3.8) is 0 Å². The predicted octanol–water partition coefficient (Wildman–Crippen LogP) is 8.99. The number of aromatic nitrogens is 2. The smallest absolute Gasteiger partial charge is 0.416 e. The molecule has 250 valence electrons. The molecule has 48 heavy (non-hydrogen) atoms. The molecule has 0 bridgehead atoms. The third kappa shape index (κ3) is 5.98. The monoisotopic (exact) mass is 675 g/mol. The molecular weight excluding hydrogens is 639 g/mol. The summed E-state index contributed by atoms with van der Waals surface area (Å²) in [5.74, 6) is -0.801. The fraction of sp³-hybridized carbons (Fsp3) is 0.378. The summed E-state index contributed by atoms with van der Waals surface area (Å²) in [5.41, 5.74) is 4.82. The van der Waals surface area contributed by atoms with E-state index in [2.05, 4.69) is 0 Å². The molecule has 1 saturated carbocycles. The molecule has 3 aromatic heterocycles. The lowest BCUT2D eigenvalue weighted by Crippen LogP contribution is -2.53. The molecule has 2 aromatic carbocycles. The summed E-state index contributed by atoms with van der Waals surface area (Å²) in [5, 5.41) is 10.8. The third-order valence-corrected chi connectivity index (χ3v) is 10.9. The van der Waals surface area contributed by atoms with Crippen LogP contribution < -0.4 is 0 Å². The summed E-state index contributed by atoms with van der Waals surface area (Å²) in [4.78, 5) is 33.1. The fourth-order valence-corrected chi connectivity index (χ4v) is 8.60. The fourth-order valence-electron chi connectivity index (χ4n) is 7.48. The maximum Gasteiger partial charge on any atom is 0.416 e. The summed E-state index contributed by atoms with van der Waals surface area (Å²) in [6, 6.07) is 16.2. The van der Waals surface area contributed by atoms with Crippen molar-refractivity contribution in [2.75, 3.05) is 13.2 Å². The van der Waals surface area contributed by atoms with Crippen molar-refractivity contribution in [3.8, 4) is 22.5 Å². The van der Waals surface area contributed by atoms with E-state index in [0.717, 1.165) is 76.7 Å². The van der Waals surface area contributed by atoms with Crippen molar-refractivity contribution >= 4 is 44.3 Å². The van der Waals surface area contributed by atoms with E-state index in [1.807, 2.05) is 47.6 Å². The van der Waals surface area contributed by atoms with Crippen LogP contribution in [0.3, 0.4) is 0 Å². The van der Waals surface area contributed by atoms with Crippen LogP contribution in [0.15, 0.2) is 60.7 Å². The summed E-state index contributed by atoms with van der Waals surface area (Å²) in [6.07, 6.45) is 0.905. The number of morpholine rings is 1. The number of hydrogen-bond acceptors (Lipinski definition) is 5. The third-order valence-electron chi connectivity index (χ3n) is 9.72. The van der Waals surface area contributed by atoms with E-state index < -0.39 is 17.7 Å². The first-order valence-corrected chi connectivity index (χ1v) is 17.2. The molecule has 5 aromatic rings. The molecule has 2 fully saturated rings. The van der Waals surface area contributed by atoms with Crippen molar-refractivity contribution < 1.29 is 32.6 Å². The highest BCUT2D eigenvalue weighted by Crippen LogP contribution is 2.47. The van der Waals surface area contributed by atoms with Crippen molar-refractivity contribution in [2.45, 2.75) is 76.7 Å². The molecule has 2 atom stereocenters. The number of fused-ring (bicyclic) bond motifs is 2. The highest BCUT2D eigenvalue weighted by molar-refractivity contribution is 7.21. The molecule has 7 rings (SSSR count). The van der Waals surface area contributed by atoms with Crippen LogP contribution in [0.4, 0.5) is 13.2 Å². The lowest BCUT2D eigenvalue weighted by molar-refractivity contribution is -0.144. The largest absolute Gasteiger partial charge is 0.477 e. The first kappa shape index (κ1) is 32.3. The maximum absolute atomic E-state index is 14.1. The number of halogens is 3. The lowest BCUT2D eigenvalue weighted by atomic mass is 9.83. The Balaban J connectivity index is 1.35. The number of carbonyl (C=O) groups excluding carboxylic acids is 1. The second-order valence-electron chi connectivity index (χ2n) is 13.0. The van der Waals surface area contributed by atoms with Crippen LogP contribution in [-0.4, -0.2) is 56.7 Å². The number of ether oxygens (including phenoxy) is 1. The Morgan fingerprint density at radius 2 is 1.62 bits per heavy atom.